The number of hydrogen-bond donors (Lipinski definition) is 1. The molecule has 3 nitrogen and oxygen atoms in total. The smallest absolute Gasteiger partial charge is 0.138 e. The van der Waals surface area contributed by atoms with Gasteiger partial charge in [0.05, 0.1) is 5.02 Å². The summed E-state index contributed by atoms with van der Waals surface area (Å²) in [5.74, 6) is 0.683. The van der Waals surface area contributed by atoms with Crippen LogP contribution in [0.2, 0.25) is 10.0 Å². The number of halogens is 2. The minimum absolute atomic E-state index is 0.304. The second-order valence-corrected chi connectivity index (χ2v) is 5.47. The van der Waals surface area contributed by atoms with Gasteiger partial charge in [-0.3, -0.25) is 4.90 Å². The second kappa shape index (κ2) is 6.62. The van der Waals surface area contributed by atoms with Crippen LogP contribution in [-0.4, -0.2) is 37.2 Å². The van der Waals surface area contributed by atoms with Crippen molar-refractivity contribution in [3.63, 3.8) is 0 Å². The molecular weight excluding hydrogens is 271 g/mol. The van der Waals surface area contributed by atoms with E-state index < -0.39 is 0 Å². The molecule has 1 saturated heterocycles. The number of likely N-dealkylation sites (tertiary alicyclic amines) is 1. The Labute approximate surface area is 118 Å². The van der Waals surface area contributed by atoms with E-state index in [9.17, 15) is 0 Å². The summed E-state index contributed by atoms with van der Waals surface area (Å²) in [6.07, 6.45) is 2.29. The molecule has 0 aliphatic carbocycles. The van der Waals surface area contributed by atoms with Crippen LogP contribution in [0.5, 0.6) is 5.75 Å². The van der Waals surface area contributed by atoms with Gasteiger partial charge in [0.15, 0.2) is 0 Å². The molecule has 1 aliphatic rings. The van der Waals surface area contributed by atoms with Crippen LogP contribution in [0, 0.1) is 0 Å². The predicted octanol–water partition coefficient (Wildman–Crippen LogP) is 2.80. The van der Waals surface area contributed by atoms with Crippen LogP contribution in [0.15, 0.2) is 18.2 Å². The monoisotopic (exact) mass is 288 g/mol. The first kappa shape index (κ1) is 13.9. The minimum atomic E-state index is 0.304. The molecule has 1 aromatic carbocycles. The molecule has 2 rings (SSSR count). The summed E-state index contributed by atoms with van der Waals surface area (Å²) >= 11 is 11.9. The molecule has 5 heteroatoms. The molecule has 1 aromatic rings. The van der Waals surface area contributed by atoms with Crippen LogP contribution < -0.4 is 10.5 Å². The van der Waals surface area contributed by atoms with Crippen molar-refractivity contribution in [3.8, 4) is 5.75 Å². The fourth-order valence-electron chi connectivity index (χ4n) is 2.17. The van der Waals surface area contributed by atoms with E-state index >= 15 is 0 Å². The SMILES string of the molecule is NC1CCCN(CCOc2ccc(Cl)cc2Cl)C1. The Morgan fingerprint density at radius 2 is 2.22 bits per heavy atom. The van der Waals surface area contributed by atoms with Gasteiger partial charge in [-0.25, -0.2) is 0 Å². The van der Waals surface area contributed by atoms with Crippen LogP contribution in [0.3, 0.4) is 0 Å². The highest BCUT2D eigenvalue weighted by Crippen LogP contribution is 2.27. The van der Waals surface area contributed by atoms with Crippen molar-refractivity contribution in [1.82, 2.24) is 4.90 Å². The number of hydrogen-bond acceptors (Lipinski definition) is 3. The Hall–Kier alpha value is -0.480. The molecule has 0 radical (unpaired) electrons. The number of nitrogens with zero attached hydrogens (tertiary/aromatic N) is 1. The highest BCUT2D eigenvalue weighted by Gasteiger charge is 2.16. The molecule has 1 atom stereocenters. The lowest BCUT2D eigenvalue weighted by Crippen LogP contribution is -2.44. The second-order valence-electron chi connectivity index (χ2n) is 4.63. The van der Waals surface area contributed by atoms with E-state index in [2.05, 4.69) is 4.90 Å². The van der Waals surface area contributed by atoms with Gasteiger partial charge >= 0.3 is 0 Å². The maximum atomic E-state index is 6.03. The minimum Gasteiger partial charge on any atom is -0.491 e. The highest BCUT2D eigenvalue weighted by atomic mass is 35.5. The lowest BCUT2D eigenvalue weighted by molar-refractivity contribution is 0.171. The molecule has 0 amide bonds. The first-order chi connectivity index (χ1) is 8.65. The zero-order chi connectivity index (χ0) is 13.0. The first-order valence-electron chi connectivity index (χ1n) is 6.21. The molecule has 100 valence electrons. The summed E-state index contributed by atoms with van der Waals surface area (Å²) in [6, 6.07) is 5.57. The normalized spacial score (nSPS) is 20.9. The zero-order valence-electron chi connectivity index (χ0n) is 10.2. The molecule has 1 heterocycles. The van der Waals surface area contributed by atoms with Crippen LogP contribution >= 0.6 is 23.2 Å². The van der Waals surface area contributed by atoms with Crippen molar-refractivity contribution in [2.45, 2.75) is 18.9 Å². The summed E-state index contributed by atoms with van der Waals surface area (Å²) in [6.45, 7) is 3.56. The van der Waals surface area contributed by atoms with Crippen molar-refractivity contribution in [3.05, 3.63) is 28.2 Å². The van der Waals surface area contributed by atoms with Crippen molar-refractivity contribution < 1.29 is 4.74 Å². The third-order valence-corrected chi connectivity index (χ3v) is 3.63. The van der Waals surface area contributed by atoms with Crippen LogP contribution in [0.4, 0.5) is 0 Å². The molecule has 0 saturated carbocycles. The standard InChI is InChI=1S/C13H18Cl2N2O/c14-10-3-4-13(12(15)8-10)18-7-6-17-5-1-2-11(16)9-17/h3-4,8,11H,1-2,5-7,9,16H2. The van der Waals surface area contributed by atoms with Crippen molar-refractivity contribution in [1.29, 1.82) is 0 Å². The lowest BCUT2D eigenvalue weighted by Gasteiger charge is -2.30. The van der Waals surface area contributed by atoms with E-state index in [4.69, 9.17) is 33.7 Å². The molecule has 0 bridgehead atoms. The fourth-order valence-corrected chi connectivity index (χ4v) is 2.63. The number of benzene rings is 1. The average Bonchev–Trinajstić information content (AvgIpc) is 2.32. The number of rotatable bonds is 4. The third kappa shape index (κ3) is 4.02. The molecule has 1 unspecified atom stereocenters. The zero-order valence-corrected chi connectivity index (χ0v) is 11.8. The number of nitrogens with two attached hydrogens (primary N) is 1. The topological polar surface area (TPSA) is 38.5 Å². The van der Waals surface area contributed by atoms with Gasteiger partial charge in [0, 0.05) is 24.2 Å². The van der Waals surface area contributed by atoms with Gasteiger partial charge in [-0.05, 0) is 37.6 Å². The Morgan fingerprint density at radius 1 is 1.39 bits per heavy atom. The maximum absolute atomic E-state index is 6.03. The van der Waals surface area contributed by atoms with E-state index in [-0.39, 0.29) is 0 Å². The molecular formula is C13H18Cl2N2O. The van der Waals surface area contributed by atoms with E-state index in [1.54, 1.807) is 18.2 Å². The van der Waals surface area contributed by atoms with Gasteiger partial charge in [0.25, 0.3) is 0 Å². The van der Waals surface area contributed by atoms with Gasteiger partial charge in [0.2, 0.25) is 0 Å². The Balaban J connectivity index is 1.77. The number of piperidine rings is 1. The quantitative estimate of drug-likeness (QED) is 0.926. The summed E-state index contributed by atoms with van der Waals surface area (Å²) < 4.78 is 5.66. The molecule has 18 heavy (non-hydrogen) atoms. The van der Waals surface area contributed by atoms with Gasteiger partial charge in [-0.2, -0.15) is 0 Å². The number of ether oxygens (including phenoxy) is 1. The molecule has 0 spiro atoms. The average molecular weight is 289 g/mol. The first-order valence-corrected chi connectivity index (χ1v) is 6.96. The lowest BCUT2D eigenvalue weighted by atomic mass is 10.1. The summed E-state index contributed by atoms with van der Waals surface area (Å²) in [7, 11) is 0. The van der Waals surface area contributed by atoms with Gasteiger partial charge in [0.1, 0.15) is 12.4 Å². The summed E-state index contributed by atoms with van der Waals surface area (Å²) in [5, 5.41) is 1.17. The predicted molar refractivity (Wildman–Crippen MR) is 75.6 cm³/mol. The van der Waals surface area contributed by atoms with Crippen LogP contribution in [-0.2, 0) is 0 Å². The molecule has 1 fully saturated rings. The summed E-state index contributed by atoms with van der Waals surface area (Å²) in [4.78, 5) is 2.33. The third-order valence-electron chi connectivity index (χ3n) is 3.10. The van der Waals surface area contributed by atoms with Crippen molar-refractivity contribution in [2.75, 3.05) is 26.2 Å². The Kier molecular flexibility index (Phi) is 5.13. The fraction of sp³-hybridized carbons (Fsp3) is 0.538. The maximum Gasteiger partial charge on any atom is 0.138 e. The van der Waals surface area contributed by atoms with Crippen LogP contribution in [0.25, 0.3) is 0 Å². The van der Waals surface area contributed by atoms with E-state index in [1.807, 2.05) is 0 Å². The van der Waals surface area contributed by atoms with Gasteiger partial charge in [-0.1, -0.05) is 23.2 Å². The van der Waals surface area contributed by atoms with Gasteiger partial charge in [-0.15, -0.1) is 0 Å². The van der Waals surface area contributed by atoms with E-state index in [0.29, 0.717) is 28.4 Å². The van der Waals surface area contributed by atoms with Crippen LogP contribution in [0.1, 0.15) is 12.8 Å². The highest BCUT2D eigenvalue weighted by molar-refractivity contribution is 6.35. The Morgan fingerprint density at radius 3 is 2.94 bits per heavy atom. The summed E-state index contributed by atoms with van der Waals surface area (Å²) in [5.41, 5.74) is 5.93. The largest absolute Gasteiger partial charge is 0.491 e. The Bertz CT molecular complexity index is 401. The molecule has 0 aromatic heterocycles. The van der Waals surface area contributed by atoms with E-state index in [1.165, 1.54) is 6.42 Å². The van der Waals surface area contributed by atoms with E-state index in [0.717, 1.165) is 26.1 Å². The van der Waals surface area contributed by atoms with Crippen molar-refractivity contribution in [2.24, 2.45) is 5.73 Å². The van der Waals surface area contributed by atoms with Gasteiger partial charge < -0.3 is 10.5 Å². The van der Waals surface area contributed by atoms with Crippen molar-refractivity contribution >= 4 is 23.2 Å². The molecule has 2 N–H and O–H groups in total. The molecule has 1 aliphatic heterocycles.